The Morgan fingerprint density at radius 1 is 1.19 bits per heavy atom. The van der Waals surface area contributed by atoms with Crippen LogP contribution >= 0.6 is 11.3 Å². The van der Waals surface area contributed by atoms with Crippen molar-refractivity contribution in [3.8, 4) is 0 Å². The van der Waals surface area contributed by atoms with Gasteiger partial charge in [0.15, 0.2) is 0 Å². The third kappa shape index (κ3) is 5.92. The van der Waals surface area contributed by atoms with Crippen molar-refractivity contribution in [2.75, 3.05) is 0 Å². The minimum atomic E-state index is 1.18. The van der Waals surface area contributed by atoms with Crippen LogP contribution in [0, 0.1) is 0 Å². The molecule has 1 aromatic rings. The van der Waals surface area contributed by atoms with Crippen molar-refractivity contribution >= 4 is 11.3 Å². The Balaban J connectivity index is 2.21. The topological polar surface area (TPSA) is 0 Å². The highest BCUT2D eigenvalue weighted by Gasteiger charge is 1.93. The summed E-state index contributed by atoms with van der Waals surface area (Å²) in [6.45, 7) is 6.57. The second kappa shape index (κ2) is 7.45. The first-order valence-electron chi connectivity index (χ1n) is 6.00. The van der Waals surface area contributed by atoms with Gasteiger partial charge in [-0.25, -0.2) is 0 Å². The molecule has 0 spiro atoms. The molecule has 88 valence electrons. The molecule has 0 amide bonds. The molecule has 0 aliphatic carbocycles. The van der Waals surface area contributed by atoms with Gasteiger partial charge < -0.3 is 0 Å². The second-order valence-corrected chi connectivity index (χ2v) is 5.52. The summed E-state index contributed by atoms with van der Waals surface area (Å²) in [5.74, 6) is 0. The standard InChI is InChI=1S/C15H22S/c1-13(2)7-4-8-14(3)9-5-10-15-11-6-12-16-15/h6-7,9,11-12H,4-5,8,10H2,1-3H3/b14-9+. The lowest BCUT2D eigenvalue weighted by molar-refractivity contribution is 0.932. The number of allylic oxidation sites excluding steroid dienone is 4. The lowest BCUT2D eigenvalue weighted by Gasteiger charge is -1.99. The zero-order valence-electron chi connectivity index (χ0n) is 10.6. The van der Waals surface area contributed by atoms with Crippen LogP contribution in [0.4, 0.5) is 0 Å². The maximum atomic E-state index is 2.39. The van der Waals surface area contributed by atoms with E-state index in [2.05, 4.69) is 50.4 Å². The van der Waals surface area contributed by atoms with Gasteiger partial charge in [0.25, 0.3) is 0 Å². The summed E-state index contributed by atoms with van der Waals surface area (Å²) < 4.78 is 0. The van der Waals surface area contributed by atoms with E-state index < -0.39 is 0 Å². The monoisotopic (exact) mass is 234 g/mol. The van der Waals surface area contributed by atoms with Crippen molar-refractivity contribution < 1.29 is 0 Å². The second-order valence-electron chi connectivity index (χ2n) is 4.49. The summed E-state index contributed by atoms with van der Waals surface area (Å²) in [7, 11) is 0. The van der Waals surface area contributed by atoms with Gasteiger partial charge >= 0.3 is 0 Å². The summed E-state index contributed by atoms with van der Waals surface area (Å²) >= 11 is 1.86. The molecule has 0 saturated carbocycles. The molecule has 0 nitrogen and oxygen atoms in total. The number of aryl methyl sites for hydroxylation is 1. The number of thiophene rings is 1. The fourth-order valence-corrected chi connectivity index (χ4v) is 2.33. The van der Waals surface area contributed by atoms with Gasteiger partial charge in [0.05, 0.1) is 0 Å². The molecule has 0 radical (unpaired) electrons. The summed E-state index contributed by atoms with van der Waals surface area (Å²) in [4.78, 5) is 1.49. The van der Waals surface area contributed by atoms with Crippen LogP contribution in [0.5, 0.6) is 0 Å². The molecule has 1 aromatic heterocycles. The Labute approximate surface area is 104 Å². The molecule has 0 N–H and O–H groups in total. The predicted molar refractivity (Wildman–Crippen MR) is 75.1 cm³/mol. The van der Waals surface area contributed by atoms with E-state index in [1.165, 1.54) is 41.7 Å². The van der Waals surface area contributed by atoms with Crippen molar-refractivity contribution in [1.29, 1.82) is 0 Å². The SMILES string of the molecule is CC(C)=CCC/C(C)=C/CCc1cccs1. The zero-order chi connectivity index (χ0) is 11.8. The molecular formula is C15H22S. The molecule has 16 heavy (non-hydrogen) atoms. The van der Waals surface area contributed by atoms with Gasteiger partial charge in [0.2, 0.25) is 0 Å². The van der Waals surface area contributed by atoms with Crippen LogP contribution in [0.1, 0.15) is 44.9 Å². The fraction of sp³-hybridized carbons (Fsp3) is 0.467. The predicted octanol–water partition coefficient (Wildman–Crippen LogP) is 5.37. The summed E-state index contributed by atoms with van der Waals surface area (Å²) in [5.41, 5.74) is 2.94. The highest BCUT2D eigenvalue weighted by Crippen LogP contribution is 2.13. The molecule has 0 saturated heterocycles. The van der Waals surface area contributed by atoms with E-state index in [1.807, 2.05) is 11.3 Å². The fourth-order valence-electron chi connectivity index (χ4n) is 1.61. The van der Waals surface area contributed by atoms with Crippen LogP contribution in [-0.4, -0.2) is 0 Å². The smallest absolute Gasteiger partial charge is 0.00483 e. The maximum absolute atomic E-state index is 2.39. The van der Waals surface area contributed by atoms with Crippen LogP contribution in [0.3, 0.4) is 0 Å². The highest BCUT2D eigenvalue weighted by molar-refractivity contribution is 7.09. The van der Waals surface area contributed by atoms with Crippen molar-refractivity contribution in [2.45, 2.75) is 46.5 Å². The van der Waals surface area contributed by atoms with Crippen LogP contribution in [-0.2, 0) is 6.42 Å². The molecule has 1 heteroatoms. The largest absolute Gasteiger partial charge is 0.149 e. The Bertz CT molecular complexity index is 338. The van der Waals surface area contributed by atoms with E-state index in [1.54, 1.807) is 0 Å². The van der Waals surface area contributed by atoms with E-state index in [4.69, 9.17) is 0 Å². The van der Waals surface area contributed by atoms with E-state index in [-0.39, 0.29) is 0 Å². The number of rotatable bonds is 6. The van der Waals surface area contributed by atoms with Crippen LogP contribution in [0.2, 0.25) is 0 Å². The Hall–Kier alpha value is -0.820. The highest BCUT2D eigenvalue weighted by atomic mass is 32.1. The molecule has 0 atom stereocenters. The van der Waals surface area contributed by atoms with Gasteiger partial charge in [-0.2, -0.15) is 0 Å². The van der Waals surface area contributed by atoms with Gasteiger partial charge in [-0.3, -0.25) is 0 Å². The Morgan fingerprint density at radius 2 is 2.00 bits per heavy atom. The molecule has 1 heterocycles. The lowest BCUT2D eigenvalue weighted by Crippen LogP contribution is -1.81. The first kappa shape index (κ1) is 13.2. The third-order valence-electron chi connectivity index (χ3n) is 2.55. The molecular weight excluding hydrogens is 212 g/mol. The minimum Gasteiger partial charge on any atom is -0.149 e. The number of hydrogen-bond acceptors (Lipinski definition) is 1. The molecule has 0 aliphatic rings. The number of hydrogen-bond donors (Lipinski definition) is 0. The van der Waals surface area contributed by atoms with Crippen molar-refractivity contribution in [2.24, 2.45) is 0 Å². The van der Waals surface area contributed by atoms with E-state index in [0.29, 0.717) is 0 Å². The Kier molecular flexibility index (Phi) is 6.17. The summed E-state index contributed by atoms with van der Waals surface area (Å²) in [6.07, 6.45) is 9.47. The first-order valence-corrected chi connectivity index (χ1v) is 6.88. The molecule has 0 aromatic carbocycles. The average Bonchev–Trinajstić information content (AvgIpc) is 2.70. The van der Waals surface area contributed by atoms with Crippen molar-refractivity contribution in [3.63, 3.8) is 0 Å². The van der Waals surface area contributed by atoms with E-state index >= 15 is 0 Å². The normalized spacial score (nSPS) is 11.6. The average molecular weight is 234 g/mol. The van der Waals surface area contributed by atoms with Gasteiger partial charge in [-0.1, -0.05) is 29.4 Å². The molecule has 0 bridgehead atoms. The maximum Gasteiger partial charge on any atom is 0.00483 e. The quantitative estimate of drug-likeness (QED) is 0.580. The van der Waals surface area contributed by atoms with Crippen LogP contribution in [0.25, 0.3) is 0 Å². The van der Waals surface area contributed by atoms with Gasteiger partial charge in [-0.05, 0) is 57.9 Å². The summed E-state index contributed by atoms with van der Waals surface area (Å²) in [5, 5.41) is 2.15. The minimum absolute atomic E-state index is 1.18. The molecule has 0 aliphatic heterocycles. The molecule has 0 fully saturated rings. The molecule has 0 unspecified atom stereocenters. The van der Waals surface area contributed by atoms with Crippen LogP contribution in [0.15, 0.2) is 40.8 Å². The molecule has 1 rings (SSSR count). The van der Waals surface area contributed by atoms with Crippen molar-refractivity contribution in [1.82, 2.24) is 0 Å². The van der Waals surface area contributed by atoms with Crippen molar-refractivity contribution in [3.05, 3.63) is 45.7 Å². The van der Waals surface area contributed by atoms with Gasteiger partial charge in [0.1, 0.15) is 0 Å². The van der Waals surface area contributed by atoms with Gasteiger partial charge in [0, 0.05) is 4.88 Å². The Morgan fingerprint density at radius 3 is 2.62 bits per heavy atom. The third-order valence-corrected chi connectivity index (χ3v) is 3.49. The first-order chi connectivity index (χ1) is 7.68. The summed E-state index contributed by atoms with van der Waals surface area (Å²) in [6, 6.07) is 4.35. The van der Waals surface area contributed by atoms with E-state index in [0.717, 1.165) is 0 Å². The lowest BCUT2D eigenvalue weighted by atomic mass is 10.1. The van der Waals surface area contributed by atoms with Crippen LogP contribution < -0.4 is 0 Å². The van der Waals surface area contributed by atoms with Gasteiger partial charge in [-0.15, -0.1) is 11.3 Å². The van der Waals surface area contributed by atoms with E-state index in [9.17, 15) is 0 Å². The zero-order valence-corrected chi connectivity index (χ0v) is 11.4.